The summed E-state index contributed by atoms with van der Waals surface area (Å²) in [5, 5.41) is 3.05. The molecule has 1 N–H and O–H groups in total. The van der Waals surface area contributed by atoms with Gasteiger partial charge in [0.2, 0.25) is 0 Å². The third-order valence-corrected chi connectivity index (χ3v) is 3.37. The van der Waals surface area contributed by atoms with Crippen LogP contribution in [-0.2, 0) is 0 Å². The van der Waals surface area contributed by atoms with Gasteiger partial charge in [-0.05, 0) is 37.7 Å². The van der Waals surface area contributed by atoms with Crippen LogP contribution in [0, 0.1) is 12.3 Å². The Bertz CT molecular complexity index is 392. The normalized spacial score (nSPS) is 23.3. The fourth-order valence-corrected chi connectivity index (χ4v) is 2.42. The van der Waals surface area contributed by atoms with Crippen molar-refractivity contribution in [2.45, 2.75) is 46.1 Å². The Kier molecular flexibility index (Phi) is 2.78. The molecule has 1 unspecified atom stereocenters. The first-order valence-electron chi connectivity index (χ1n) is 5.83. The Labute approximate surface area is 96.2 Å². The molecule has 3 nitrogen and oxygen atoms in total. The lowest BCUT2D eigenvalue weighted by molar-refractivity contribution is 0.0907. The number of nitrogens with one attached hydrogen (secondary N) is 1. The molecule has 1 aromatic heterocycles. The Morgan fingerprint density at radius 3 is 2.81 bits per heavy atom. The molecule has 0 radical (unpaired) electrons. The van der Waals surface area contributed by atoms with E-state index in [4.69, 9.17) is 4.42 Å². The predicted molar refractivity (Wildman–Crippen MR) is 62.3 cm³/mol. The van der Waals surface area contributed by atoms with Gasteiger partial charge in [-0.15, -0.1) is 0 Å². The van der Waals surface area contributed by atoms with Crippen molar-refractivity contribution in [1.82, 2.24) is 5.32 Å². The van der Waals surface area contributed by atoms with Crippen LogP contribution in [0.5, 0.6) is 0 Å². The summed E-state index contributed by atoms with van der Waals surface area (Å²) in [6.07, 6.45) is 4.86. The molecule has 0 spiro atoms. The lowest BCUT2D eigenvalue weighted by atomic mass is 9.92. The van der Waals surface area contributed by atoms with E-state index in [2.05, 4.69) is 19.2 Å². The second-order valence-electron chi connectivity index (χ2n) is 5.51. The zero-order chi connectivity index (χ0) is 11.8. The van der Waals surface area contributed by atoms with Crippen LogP contribution >= 0.6 is 0 Å². The molecule has 3 heteroatoms. The molecule has 1 heterocycles. The highest BCUT2D eigenvalue weighted by Gasteiger charge is 2.32. The van der Waals surface area contributed by atoms with Crippen LogP contribution in [0.2, 0.25) is 0 Å². The second-order valence-corrected chi connectivity index (χ2v) is 5.51. The van der Waals surface area contributed by atoms with Crippen LogP contribution in [-0.4, -0.2) is 11.9 Å². The van der Waals surface area contributed by atoms with Gasteiger partial charge < -0.3 is 9.73 Å². The van der Waals surface area contributed by atoms with Gasteiger partial charge in [-0.1, -0.05) is 13.8 Å². The number of aryl methyl sites for hydroxylation is 1. The van der Waals surface area contributed by atoms with E-state index in [-0.39, 0.29) is 5.91 Å². The maximum atomic E-state index is 11.9. The summed E-state index contributed by atoms with van der Waals surface area (Å²) in [6.45, 7) is 6.38. The topological polar surface area (TPSA) is 42.2 Å². The molecule has 1 aliphatic carbocycles. The summed E-state index contributed by atoms with van der Waals surface area (Å²) < 4.78 is 5.18. The van der Waals surface area contributed by atoms with Gasteiger partial charge in [-0.2, -0.15) is 0 Å². The molecule has 16 heavy (non-hydrogen) atoms. The number of amides is 1. The fourth-order valence-electron chi connectivity index (χ4n) is 2.42. The van der Waals surface area contributed by atoms with Crippen molar-refractivity contribution in [2.24, 2.45) is 5.41 Å². The van der Waals surface area contributed by atoms with Crippen molar-refractivity contribution in [1.29, 1.82) is 0 Å². The minimum absolute atomic E-state index is 0.0785. The zero-order valence-electron chi connectivity index (χ0n) is 10.2. The van der Waals surface area contributed by atoms with E-state index in [1.807, 2.05) is 13.0 Å². The van der Waals surface area contributed by atoms with Crippen molar-refractivity contribution in [3.63, 3.8) is 0 Å². The molecule has 0 aliphatic heterocycles. The van der Waals surface area contributed by atoms with Gasteiger partial charge in [0.25, 0.3) is 5.91 Å². The number of rotatable bonds is 2. The molecule has 1 saturated carbocycles. The number of hydrogen-bond acceptors (Lipinski definition) is 2. The number of carbonyl (C=O) groups is 1. The van der Waals surface area contributed by atoms with Crippen LogP contribution in [0.1, 0.15) is 49.2 Å². The highest BCUT2D eigenvalue weighted by Crippen LogP contribution is 2.37. The SMILES string of the molecule is Cc1ccoc1C(=O)NC1CCC(C)(C)C1. The number of hydrogen-bond donors (Lipinski definition) is 1. The standard InChI is InChI=1S/C13H19NO2/c1-9-5-7-16-11(9)12(15)14-10-4-6-13(2,3)8-10/h5,7,10H,4,6,8H2,1-3H3,(H,14,15). The average molecular weight is 221 g/mol. The predicted octanol–water partition coefficient (Wildman–Crippen LogP) is 2.90. The van der Waals surface area contributed by atoms with Crippen LogP contribution in [0.25, 0.3) is 0 Å². The molecule has 1 atom stereocenters. The van der Waals surface area contributed by atoms with Crippen molar-refractivity contribution >= 4 is 5.91 Å². The minimum atomic E-state index is -0.0785. The van der Waals surface area contributed by atoms with Gasteiger partial charge in [0, 0.05) is 11.6 Å². The van der Waals surface area contributed by atoms with E-state index < -0.39 is 0 Å². The monoisotopic (exact) mass is 221 g/mol. The molecule has 0 aromatic carbocycles. The quantitative estimate of drug-likeness (QED) is 0.834. The summed E-state index contributed by atoms with van der Waals surface area (Å²) >= 11 is 0. The lowest BCUT2D eigenvalue weighted by Crippen LogP contribution is -2.33. The van der Waals surface area contributed by atoms with Crippen LogP contribution in [0.4, 0.5) is 0 Å². The molecule has 0 saturated heterocycles. The van der Waals surface area contributed by atoms with E-state index >= 15 is 0 Å². The van der Waals surface area contributed by atoms with Crippen molar-refractivity contribution in [3.8, 4) is 0 Å². The Balaban J connectivity index is 1.97. The molecule has 2 rings (SSSR count). The molecule has 88 valence electrons. The van der Waals surface area contributed by atoms with Gasteiger partial charge in [-0.3, -0.25) is 4.79 Å². The van der Waals surface area contributed by atoms with Crippen molar-refractivity contribution < 1.29 is 9.21 Å². The number of carbonyl (C=O) groups excluding carboxylic acids is 1. The van der Waals surface area contributed by atoms with Crippen LogP contribution < -0.4 is 5.32 Å². The maximum Gasteiger partial charge on any atom is 0.287 e. The summed E-state index contributed by atoms with van der Waals surface area (Å²) in [5.74, 6) is 0.370. The van der Waals surface area contributed by atoms with Gasteiger partial charge in [0.05, 0.1) is 6.26 Å². The third kappa shape index (κ3) is 2.29. The van der Waals surface area contributed by atoms with Crippen molar-refractivity contribution in [2.75, 3.05) is 0 Å². The molecule has 0 bridgehead atoms. The summed E-state index contributed by atoms with van der Waals surface area (Å²) in [6, 6.07) is 2.11. The Morgan fingerprint density at radius 1 is 1.56 bits per heavy atom. The van der Waals surface area contributed by atoms with E-state index in [0.29, 0.717) is 17.2 Å². The molecular weight excluding hydrogens is 202 g/mol. The summed E-state index contributed by atoms with van der Waals surface area (Å²) in [4.78, 5) is 11.9. The first kappa shape index (κ1) is 11.2. The minimum Gasteiger partial charge on any atom is -0.459 e. The summed E-state index contributed by atoms with van der Waals surface area (Å²) in [7, 11) is 0. The molecule has 1 aromatic rings. The Morgan fingerprint density at radius 2 is 2.31 bits per heavy atom. The van der Waals surface area contributed by atoms with Gasteiger partial charge in [-0.25, -0.2) is 0 Å². The van der Waals surface area contributed by atoms with E-state index in [1.54, 1.807) is 6.26 Å². The maximum absolute atomic E-state index is 11.9. The highest BCUT2D eigenvalue weighted by molar-refractivity contribution is 5.92. The number of furan rings is 1. The highest BCUT2D eigenvalue weighted by atomic mass is 16.3. The van der Waals surface area contributed by atoms with Gasteiger partial charge in [0.15, 0.2) is 5.76 Å². The zero-order valence-corrected chi connectivity index (χ0v) is 10.2. The molecule has 1 amide bonds. The third-order valence-electron chi connectivity index (χ3n) is 3.37. The largest absolute Gasteiger partial charge is 0.459 e. The van der Waals surface area contributed by atoms with E-state index in [9.17, 15) is 4.79 Å². The average Bonchev–Trinajstić information content (AvgIpc) is 2.72. The van der Waals surface area contributed by atoms with Crippen LogP contribution in [0.3, 0.4) is 0 Å². The smallest absolute Gasteiger partial charge is 0.287 e. The first-order valence-corrected chi connectivity index (χ1v) is 5.83. The second kappa shape index (κ2) is 3.96. The Hall–Kier alpha value is -1.25. The van der Waals surface area contributed by atoms with Crippen molar-refractivity contribution in [3.05, 3.63) is 23.7 Å². The molecule has 1 fully saturated rings. The van der Waals surface area contributed by atoms with Gasteiger partial charge in [0.1, 0.15) is 0 Å². The fraction of sp³-hybridized carbons (Fsp3) is 0.615. The molecule has 1 aliphatic rings. The first-order chi connectivity index (χ1) is 7.48. The van der Waals surface area contributed by atoms with Crippen LogP contribution in [0.15, 0.2) is 16.7 Å². The summed E-state index contributed by atoms with van der Waals surface area (Å²) in [5.41, 5.74) is 1.26. The van der Waals surface area contributed by atoms with E-state index in [1.165, 1.54) is 6.42 Å². The van der Waals surface area contributed by atoms with Gasteiger partial charge >= 0.3 is 0 Å². The lowest BCUT2D eigenvalue weighted by Gasteiger charge is -2.17. The van der Waals surface area contributed by atoms with E-state index in [0.717, 1.165) is 18.4 Å². The molecular formula is C13H19NO2.